The lowest BCUT2D eigenvalue weighted by atomic mass is 10.1. The van der Waals surface area contributed by atoms with Gasteiger partial charge in [0.25, 0.3) is 0 Å². The Bertz CT molecular complexity index is 892. The summed E-state index contributed by atoms with van der Waals surface area (Å²) in [6, 6.07) is 15.1. The number of piperazine rings is 1. The summed E-state index contributed by atoms with van der Waals surface area (Å²) in [5, 5.41) is 1.40. The molecule has 0 radical (unpaired) electrons. The monoisotopic (exact) mass is 377 g/mol. The summed E-state index contributed by atoms with van der Waals surface area (Å²) in [6.45, 7) is 7.89. The Morgan fingerprint density at radius 1 is 0.964 bits per heavy atom. The normalized spacial score (nSPS) is 15.3. The van der Waals surface area contributed by atoms with Crippen LogP contribution in [0.3, 0.4) is 0 Å². The van der Waals surface area contributed by atoms with Gasteiger partial charge < -0.3 is 14.6 Å². The number of aromatic amines is 1. The maximum Gasteiger partial charge on any atom is 0.119 e. The molecule has 148 valence electrons. The average molecular weight is 378 g/mol. The molecule has 28 heavy (non-hydrogen) atoms. The number of nitrogens with one attached hydrogen (secondary N) is 1. The molecule has 0 bridgehead atoms. The first kappa shape index (κ1) is 18.9. The fraction of sp³-hybridized carbons (Fsp3) is 0.417. The second-order valence-electron chi connectivity index (χ2n) is 7.85. The number of fused-ring (bicyclic) bond motifs is 1. The first-order valence-corrected chi connectivity index (χ1v) is 10.4. The van der Waals surface area contributed by atoms with E-state index in [1.165, 1.54) is 47.1 Å². The highest BCUT2D eigenvalue weighted by Crippen LogP contribution is 2.22. The van der Waals surface area contributed by atoms with Gasteiger partial charge in [-0.25, -0.2) is 0 Å². The van der Waals surface area contributed by atoms with E-state index >= 15 is 0 Å². The van der Waals surface area contributed by atoms with Gasteiger partial charge >= 0.3 is 0 Å². The van der Waals surface area contributed by atoms with Gasteiger partial charge in [-0.1, -0.05) is 11.6 Å². The first-order chi connectivity index (χ1) is 13.7. The summed E-state index contributed by atoms with van der Waals surface area (Å²) < 4.78 is 5.26. The van der Waals surface area contributed by atoms with Gasteiger partial charge in [-0.2, -0.15) is 0 Å². The van der Waals surface area contributed by atoms with Crippen LogP contribution in [0.15, 0.2) is 48.7 Å². The Kier molecular flexibility index (Phi) is 5.87. The van der Waals surface area contributed by atoms with Crippen LogP contribution in [0.25, 0.3) is 10.9 Å². The maximum atomic E-state index is 5.26. The summed E-state index contributed by atoms with van der Waals surface area (Å²) in [4.78, 5) is 8.50. The van der Waals surface area contributed by atoms with Gasteiger partial charge in [0.15, 0.2) is 0 Å². The number of aromatic nitrogens is 1. The molecule has 2 aromatic carbocycles. The molecule has 1 aromatic heterocycles. The van der Waals surface area contributed by atoms with Crippen molar-refractivity contribution in [2.45, 2.75) is 26.2 Å². The number of anilines is 1. The molecule has 3 aromatic rings. The van der Waals surface area contributed by atoms with E-state index in [2.05, 4.69) is 58.2 Å². The molecule has 4 heteroatoms. The van der Waals surface area contributed by atoms with E-state index < -0.39 is 0 Å². The quantitative estimate of drug-likeness (QED) is 0.609. The first-order valence-electron chi connectivity index (χ1n) is 10.4. The van der Waals surface area contributed by atoms with Gasteiger partial charge in [-0.3, -0.25) is 4.90 Å². The van der Waals surface area contributed by atoms with Crippen molar-refractivity contribution in [3.8, 4) is 5.75 Å². The molecule has 0 amide bonds. The van der Waals surface area contributed by atoms with E-state index in [1.54, 1.807) is 7.11 Å². The van der Waals surface area contributed by atoms with Gasteiger partial charge in [0, 0.05) is 49.0 Å². The summed E-state index contributed by atoms with van der Waals surface area (Å²) in [6.07, 6.45) is 5.87. The Morgan fingerprint density at radius 2 is 1.75 bits per heavy atom. The van der Waals surface area contributed by atoms with Crippen LogP contribution in [0.4, 0.5) is 5.69 Å². The highest BCUT2D eigenvalue weighted by atomic mass is 16.5. The zero-order valence-electron chi connectivity index (χ0n) is 17.1. The summed E-state index contributed by atoms with van der Waals surface area (Å²) in [5.41, 5.74) is 5.36. The second kappa shape index (κ2) is 8.70. The minimum absolute atomic E-state index is 0.924. The van der Waals surface area contributed by atoms with Gasteiger partial charge in [-0.15, -0.1) is 0 Å². The number of H-pyrrole nitrogens is 1. The van der Waals surface area contributed by atoms with Crippen LogP contribution in [0.5, 0.6) is 5.75 Å². The number of ether oxygens (including phenoxy) is 1. The van der Waals surface area contributed by atoms with E-state index in [4.69, 9.17) is 4.74 Å². The van der Waals surface area contributed by atoms with Crippen molar-refractivity contribution < 1.29 is 4.74 Å². The molecule has 1 fully saturated rings. The van der Waals surface area contributed by atoms with E-state index in [9.17, 15) is 0 Å². The molecule has 4 nitrogen and oxygen atoms in total. The van der Waals surface area contributed by atoms with Crippen LogP contribution in [0, 0.1) is 6.92 Å². The SMILES string of the molecule is COc1ccc(N2CCN(CCCCc3c[nH]c4ccc(C)cc34)CC2)cc1. The minimum Gasteiger partial charge on any atom is -0.497 e. The van der Waals surface area contributed by atoms with Crippen molar-refractivity contribution in [3.63, 3.8) is 0 Å². The van der Waals surface area contributed by atoms with Crippen molar-refractivity contribution >= 4 is 16.6 Å². The lowest BCUT2D eigenvalue weighted by Crippen LogP contribution is -2.46. The predicted molar refractivity (Wildman–Crippen MR) is 118 cm³/mol. The molecule has 1 aliphatic heterocycles. The maximum absolute atomic E-state index is 5.26. The Labute approximate surface area is 168 Å². The molecule has 0 atom stereocenters. The topological polar surface area (TPSA) is 31.5 Å². The zero-order valence-corrected chi connectivity index (χ0v) is 17.1. The smallest absolute Gasteiger partial charge is 0.119 e. The third-order valence-corrected chi connectivity index (χ3v) is 5.90. The fourth-order valence-electron chi connectivity index (χ4n) is 4.17. The van der Waals surface area contributed by atoms with Gasteiger partial charge in [-0.05, 0) is 74.7 Å². The molecule has 0 unspecified atom stereocenters. The molecule has 0 aliphatic carbocycles. The molecule has 0 saturated carbocycles. The van der Waals surface area contributed by atoms with Crippen LogP contribution in [0.1, 0.15) is 24.0 Å². The molecule has 1 aliphatic rings. The number of unbranched alkanes of at least 4 members (excludes halogenated alkanes) is 1. The number of benzene rings is 2. The highest BCUT2D eigenvalue weighted by molar-refractivity contribution is 5.83. The Morgan fingerprint density at radius 3 is 2.50 bits per heavy atom. The van der Waals surface area contributed by atoms with E-state index in [0.29, 0.717) is 0 Å². The van der Waals surface area contributed by atoms with Gasteiger partial charge in [0.05, 0.1) is 7.11 Å². The van der Waals surface area contributed by atoms with Crippen LogP contribution < -0.4 is 9.64 Å². The number of aryl methyl sites for hydroxylation is 2. The lowest BCUT2D eigenvalue weighted by molar-refractivity contribution is 0.253. The van der Waals surface area contributed by atoms with Crippen LogP contribution in [-0.4, -0.2) is 49.7 Å². The van der Waals surface area contributed by atoms with E-state index in [1.807, 2.05) is 12.1 Å². The molecular formula is C24H31N3O. The second-order valence-corrected chi connectivity index (χ2v) is 7.85. The van der Waals surface area contributed by atoms with E-state index in [-0.39, 0.29) is 0 Å². The standard InChI is InChI=1S/C24H31N3O/c1-19-6-11-24-23(17-19)20(18-25-24)5-3-4-12-26-13-15-27(16-14-26)21-7-9-22(28-2)10-8-21/h6-11,17-18,25H,3-5,12-16H2,1-2H3. The van der Waals surface area contributed by atoms with Crippen molar-refractivity contribution in [1.29, 1.82) is 0 Å². The molecule has 2 heterocycles. The highest BCUT2D eigenvalue weighted by Gasteiger charge is 2.16. The number of hydrogen-bond donors (Lipinski definition) is 1. The van der Waals surface area contributed by atoms with Gasteiger partial charge in [0.2, 0.25) is 0 Å². The van der Waals surface area contributed by atoms with Gasteiger partial charge in [0.1, 0.15) is 5.75 Å². The number of nitrogens with zero attached hydrogens (tertiary/aromatic N) is 2. The lowest BCUT2D eigenvalue weighted by Gasteiger charge is -2.36. The van der Waals surface area contributed by atoms with Crippen molar-refractivity contribution in [2.75, 3.05) is 44.7 Å². The van der Waals surface area contributed by atoms with Crippen LogP contribution in [-0.2, 0) is 6.42 Å². The summed E-state index contributed by atoms with van der Waals surface area (Å²) in [7, 11) is 1.72. The molecule has 4 rings (SSSR count). The fourth-order valence-corrected chi connectivity index (χ4v) is 4.17. The van der Waals surface area contributed by atoms with E-state index in [0.717, 1.165) is 38.3 Å². The van der Waals surface area contributed by atoms with Crippen molar-refractivity contribution in [3.05, 3.63) is 59.8 Å². The van der Waals surface area contributed by atoms with Crippen LogP contribution in [0.2, 0.25) is 0 Å². The number of rotatable bonds is 7. The molecule has 1 N–H and O–H groups in total. The minimum atomic E-state index is 0.924. The number of hydrogen-bond acceptors (Lipinski definition) is 3. The zero-order chi connectivity index (χ0) is 19.3. The third-order valence-electron chi connectivity index (χ3n) is 5.90. The largest absolute Gasteiger partial charge is 0.497 e. The Balaban J connectivity index is 1.20. The Hall–Kier alpha value is -2.46. The summed E-state index contributed by atoms with van der Waals surface area (Å²) in [5.74, 6) is 0.924. The van der Waals surface area contributed by atoms with Crippen LogP contribution >= 0.6 is 0 Å². The van der Waals surface area contributed by atoms with Crippen molar-refractivity contribution in [2.24, 2.45) is 0 Å². The third kappa shape index (κ3) is 4.33. The molecular weight excluding hydrogens is 346 g/mol. The number of methoxy groups -OCH3 is 1. The molecule has 0 spiro atoms. The van der Waals surface area contributed by atoms with Crippen molar-refractivity contribution in [1.82, 2.24) is 9.88 Å². The average Bonchev–Trinajstić information content (AvgIpc) is 3.14. The predicted octanol–water partition coefficient (Wildman–Crippen LogP) is 4.63. The summed E-state index contributed by atoms with van der Waals surface area (Å²) >= 11 is 0. The molecule has 1 saturated heterocycles.